The monoisotopic (exact) mass is 218 g/mol. The molecule has 0 aliphatic heterocycles. The molecule has 0 amide bonds. The Kier molecular flexibility index (Phi) is 1.87. The Bertz CT molecular complexity index is 816. The molecule has 0 atom stereocenters. The lowest BCUT2D eigenvalue weighted by Crippen LogP contribution is -1.73. The minimum absolute atomic E-state index is 0.567. The Morgan fingerprint density at radius 2 is 1.47 bits per heavy atom. The molecule has 1 heterocycles. The minimum Gasteiger partial charge on any atom is -0.456 e. The summed E-state index contributed by atoms with van der Waals surface area (Å²) in [6.45, 7) is 0. The molecule has 0 unspecified atom stereocenters. The largest absolute Gasteiger partial charge is 0.456 e. The number of furan rings is 1. The average molecular weight is 218 g/mol. The van der Waals surface area contributed by atoms with E-state index in [4.69, 9.17) is 14.9 Å². The summed E-state index contributed by atoms with van der Waals surface area (Å²) in [5, 5.41) is 19.5. The fourth-order valence-corrected chi connectivity index (χ4v) is 1.92. The molecular formula is C14H6N2O. The standard InChI is InChI=1S/C14H6N2O/c15-7-9-2-4-13-12(5-9)11-3-1-10(8-16)6-14(11)17-13/h1-6H. The quantitative estimate of drug-likeness (QED) is 0.581. The highest BCUT2D eigenvalue weighted by atomic mass is 16.3. The molecule has 0 aliphatic rings. The summed E-state index contributed by atoms with van der Waals surface area (Å²) in [6.07, 6.45) is 0. The van der Waals surface area contributed by atoms with E-state index in [1.54, 1.807) is 30.3 Å². The van der Waals surface area contributed by atoms with Gasteiger partial charge < -0.3 is 4.42 Å². The smallest absolute Gasteiger partial charge is 0.136 e. The van der Waals surface area contributed by atoms with E-state index in [-0.39, 0.29) is 0 Å². The van der Waals surface area contributed by atoms with Crippen LogP contribution in [0.2, 0.25) is 0 Å². The maximum atomic E-state index is 8.87. The van der Waals surface area contributed by atoms with E-state index in [0.717, 1.165) is 16.4 Å². The van der Waals surface area contributed by atoms with Gasteiger partial charge in [0.25, 0.3) is 0 Å². The average Bonchev–Trinajstić information content (AvgIpc) is 2.74. The van der Waals surface area contributed by atoms with Crippen LogP contribution >= 0.6 is 0 Å². The molecule has 17 heavy (non-hydrogen) atoms. The van der Waals surface area contributed by atoms with Crippen molar-refractivity contribution in [3.05, 3.63) is 47.5 Å². The van der Waals surface area contributed by atoms with E-state index in [1.807, 2.05) is 6.07 Å². The predicted octanol–water partition coefficient (Wildman–Crippen LogP) is 3.33. The fraction of sp³-hybridized carbons (Fsp3) is 0. The number of nitrogens with zero attached hydrogens (tertiary/aromatic N) is 2. The second kappa shape index (κ2) is 3.37. The molecule has 0 saturated heterocycles. The Morgan fingerprint density at radius 3 is 2.24 bits per heavy atom. The topological polar surface area (TPSA) is 60.7 Å². The summed E-state index contributed by atoms with van der Waals surface area (Å²) < 4.78 is 5.63. The number of rotatable bonds is 0. The van der Waals surface area contributed by atoms with Crippen LogP contribution in [0, 0.1) is 22.7 Å². The number of benzene rings is 2. The Morgan fingerprint density at radius 1 is 0.765 bits per heavy atom. The van der Waals surface area contributed by atoms with E-state index >= 15 is 0 Å². The van der Waals surface area contributed by atoms with Crippen molar-refractivity contribution in [3.8, 4) is 12.1 Å². The first kappa shape index (κ1) is 9.45. The first-order valence-electron chi connectivity index (χ1n) is 5.08. The molecular weight excluding hydrogens is 212 g/mol. The highest BCUT2D eigenvalue weighted by Gasteiger charge is 2.07. The van der Waals surface area contributed by atoms with Crippen LogP contribution in [0.25, 0.3) is 21.9 Å². The zero-order valence-corrected chi connectivity index (χ0v) is 8.77. The number of nitriles is 2. The van der Waals surface area contributed by atoms with Crippen LogP contribution in [-0.4, -0.2) is 0 Å². The van der Waals surface area contributed by atoms with Gasteiger partial charge in [-0.15, -0.1) is 0 Å². The lowest BCUT2D eigenvalue weighted by Gasteiger charge is -1.90. The lowest BCUT2D eigenvalue weighted by atomic mass is 10.1. The predicted molar refractivity (Wildman–Crippen MR) is 63.2 cm³/mol. The maximum Gasteiger partial charge on any atom is 0.136 e. The molecule has 0 bridgehead atoms. The Hall–Kier alpha value is -2.78. The molecule has 3 rings (SSSR count). The van der Waals surface area contributed by atoms with Crippen LogP contribution in [0.15, 0.2) is 40.8 Å². The first-order chi connectivity index (χ1) is 8.31. The molecule has 0 saturated carbocycles. The second-order valence-electron chi connectivity index (χ2n) is 3.75. The Labute approximate surface area is 97.1 Å². The zero-order valence-electron chi connectivity index (χ0n) is 8.77. The Balaban J connectivity index is 2.44. The van der Waals surface area contributed by atoms with Gasteiger partial charge in [-0.3, -0.25) is 0 Å². The third-order valence-electron chi connectivity index (χ3n) is 2.73. The summed E-state index contributed by atoms with van der Waals surface area (Å²) in [5.74, 6) is 0. The van der Waals surface area contributed by atoms with Crippen molar-refractivity contribution in [1.29, 1.82) is 10.5 Å². The minimum atomic E-state index is 0.567. The van der Waals surface area contributed by atoms with E-state index in [9.17, 15) is 0 Å². The molecule has 2 aromatic carbocycles. The molecule has 0 N–H and O–H groups in total. The summed E-state index contributed by atoms with van der Waals surface area (Å²) in [4.78, 5) is 0. The third-order valence-corrected chi connectivity index (χ3v) is 2.73. The summed E-state index contributed by atoms with van der Waals surface area (Å²) in [5.41, 5.74) is 2.57. The molecule has 3 aromatic rings. The number of hydrogen-bond donors (Lipinski definition) is 0. The van der Waals surface area contributed by atoms with Crippen LogP contribution in [0.5, 0.6) is 0 Å². The van der Waals surface area contributed by atoms with Crippen molar-refractivity contribution in [2.45, 2.75) is 0 Å². The van der Waals surface area contributed by atoms with Gasteiger partial charge in [-0.1, -0.05) is 0 Å². The lowest BCUT2D eigenvalue weighted by molar-refractivity contribution is 0.669. The van der Waals surface area contributed by atoms with Gasteiger partial charge in [-0.05, 0) is 36.4 Å². The second-order valence-corrected chi connectivity index (χ2v) is 3.75. The summed E-state index contributed by atoms with van der Waals surface area (Å²) in [7, 11) is 0. The molecule has 3 heteroatoms. The van der Waals surface area contributed by atoms with Crippen molar-refractivity contribution in [2.75, 3.05) is 0 Å². The summed E-state index contributed by atoms with van der Waals surface area (Å²) >= 11 is 0. The number of hydrogen-bond acceptors (Lipinski definition) is 3. The third kappa shape index (κ3) is 1.34. The molecule has 0 fully saturated rings. The van der Waals surface area contributed by atoms with Crippen LogP contribution in [0.4, 0.5) is 0 Å². The van der Waals surface area contributed by atoms with Gasteiger partial charge in [0.05, 0.1) is 23.3 Å². The highest BCUT2D eigenvalue weighted by molar-refractivity contribution is 6.05. The van der Waals surface area contributed by atoms with E-state index < -0.39 is 0 Å². The zero-order chi connectivity index (χ0) is 11.8. The molecule has 0 spiro atoms. The van der Waals surface area contributed by atoms with Gasteiger partial charge in [0.2, 0.25) is 0 Å². The van der Waals surface area contributed by atoms with Crippen LogP contribution < -0.4 is 0 Å². The van der Waals surface area contributed by atoms with Gasteiger partial charge in [0.1, 0.15) is 11.2 Å². The summed E-state index contributed by atoms with van der Waals surface area (Å²) in [6, 6.07) is 14.8. The van der Waals surface area contributed by atoms with Crippen molar-refractivity contribution in [1.82, 2.24) is 0 Å². The van der Waals surface area contributed by atoms with Gasteiger partial charge in [-0.25, -0.2) is 0 Å². The molecule has 1 aromatic heterocycles. The SMILES string of the molecule is N#Cc1ccc2c(c1)oc1ccc(C#N)cc12. The van der Waals surface area contributed by atoms with Crippen molar-refractivity contribution in [3.63, 3.8) is 0 Å². The van der Waals surface area contributed by atoms with Gasteiger partial charge in [-0.2, -0.15) is 10.5 Å². The van der Waals surface area contributed by atoms with Crippen molar-refractivity contribution < 1.29 is 4.42 Å². The maximum absolute atomic E-state index is 8.87. The molecule has 0 aliphatic carbocycles. The van der Waals surface area contributed by atoms with Crippen molar-refractivity contribution in [2.24, 2.45) is 0 Å². The van der Waals surface area contributed by atoms with E-state index in [1.165, 1.54) is 0 Å². The fourth-order valence-electron chi connectivity index (χ4n) is 1.92. The van der Waals surface area contributed by atoms with Crippen LogP contribution in [-0.2, 0) is 0 Å². The normalized spacial score (nSPS) is 10.2. The van der Waals surface area contributed by atoms with Gasteiger partial charge >= 0.3 is 0 Å². The molecule has 0 radical (unpaired) electrons. The number of fused-ring (bicyclic) bond motifs is 3. The van der Waals surface area contributed by atoms with Crippen molar-refractivity contribution >= 4 is 21.9 Å². The van der Waals surface area contributed by atoms with Crippen LogP contribution in [0.1, 0.15) is 11.1 Å². The van der Waals surface area contributed by atoms with Gasteiger partial charge in [0, 0.05) is 10.8 Å². The van der Waals surface area contributed by atoms with Gasteiger partial charge in [0.15, 0.2) is 0 Å². The molecule has 3 nitrogen and oxygen atoms in total. The highest BCUT2D eigenvalue weighted by Crippen LogP contribution is 2.29. The van der Waals surface area contributed by atoms with E-state index in [2.05, 4.69) is 12.1 Å². The first-order valence-corrected chi connectivity index (χ1v) is 5.08. The molecule has 78 valence electrons. The van der Waals surface area contributed by atoms with E-state index in [0.29, 0.717) is 16.7 Å². The van der Waals surface area contributed by atoms with Crippen LogP contribution in [0.3, 0.4) is 0 Å².